The molecule has 0 amide bonds. The first-order valence-corrected chi connectivity index (χ1v) is 13.4. The third-order valence-corrected chi connectivity index (χ3v) is 6.91. The van der Waals surface area contributed by atoms with E-state index >= 15 is 0 Å². The van der Waals surface area contributed by atoms with Crippen molar-refractivity contribution in [1.82, 2.24) is 0 Å². The third kappa shape index (κ3) is 5.62. The maximum absolute atomic E-state index is 13.6. The second-order valence-electron chi connectivity index (χ2n) is 9.64. The highest BCUT2D eigenvalue weighted by molar-refractivity contribution is 6.10. The molecule has 5 nitrogen and oxygen atoms in total. The van der Waals surface area contributed by atoms with E-state index in [0.29, 0.717) is 39.4 Å². The predicted octanol–water partition coefficient (Wildman–Crippen LogP) is 8.89. The van der Waals surface area contributed by atoms with Crippen LogP contribution in [-0.4, -0.2) is 18.9 Å². The first kappa shape index (κ1) is 26.5. The maximum Gasteiger partial charge on any atom is 0.348 e. The molecule has 1 heterocycles. The average molecular weight is 551 g/mol. The zero-order valence-electron chi connectivity index (χ0n) is 22.8. The summed E-state index contributed by atoms with van der Waals surface area (Å²) in [5.41, 5.74) is 5.06. The number of furan rings is 1. The zero-order valence-corrected chi connectivity index (χ0v) is 22.8. The van der Waals surface area contributed by atoms with Crippen molar-refractivity contribution in [3.63, 3.8) is 0 Å². The molecule has 0 fully saturated rings. The molecular weight excluding hydrogens is 524 g/mol. The van der Waals surface area contributed by atoms with Crippen molar-refractivity contribution in [2.45, 2.75) is 0 Å². The van der Waals surface area contributed by atoms with Gasteiger partial charge in [0.1, 0.15) is 28.4 Å². The summed E-state index contributed by atoms with van der Waals surface area (Å²) in [6.45, 7) is 0. The Morgan fingerprint density at radius 3 is 2.07 bits per heavy atom. The molecule has 0 atom stereocenters. The lowest BCUT2D eigenvalue weighted by Gasteiger charge is -2.07. The van der Waals surface area contributed by atoms with E-state index in [4.69, 9.17) is 13.9 Å². The highest BCUT2D eigenvalue weighted by atomic mass is 16.5. The lowest BCUT2D eigenvalue weighted by atomic mass is 10.0. The van der Waals surface area contributed by atoms with Gasteiger partial charge >= 0.3 is 5.97 Å². The number of rotatable bonds is 8. The molecule has 0 radical (unpaired) electrons. The van der Waals surface area contributed by atoms with Crippen molar-refractivity contribution in [3.05, 3.63) is 150 Å². The van der Waals surface area contributed by atoms with Crippen LogP contribution in [0.1, 0.15) is 26.3 Å². The van der Waals surface area contributed by atoms with Gasteiger partial charge in [0.15, 0.2) is 5.78 Å². The molecule has 0 N–H and O–H groups in total. The number of carbonyl (C=O) groups excluding carboxylic acids is 2. The fraction of sp³-hybridized carbons (Fsp3) is 0.0270. The Morgan fingerprint density at radius 2 is 1.36 bits per heavy atom. The summed E-state index contributed by atoms with van der Waals surface area (Å²) in [4.78, 5) is 26.4. The largest absolute Gasteiger partial charge is 0.497 e. The van der Waals surface area contributed by atoms with Gasteiger partial charge in [-0.2, -0.15) is 0 Å². The van der Waals surface area contributed by atoms with E-state index in [1.807, 2.05) is 91.0 Å². The minimum absolute atomic E-state index is 0.122. The zero-order chi connectivity index (χ0) is 28.9. The summed E-state index contributed by atoms with van der Waals surface area (Å²) in [5.74, 6) is 0.685. The molecule has 0 aliphatic heterocycles. The first-order valence-electron chi connectivity index (χ1n) is 13.4. The number of hydrogen-bond acceptors (Lipinski definition) is 5. The molecule has 6 aromatic rings. The van der Waals surface area contributed by atoms with Gasteiger partial charge in [0.25, 0.3) is 0 Å². The average Bonchev–Trinajstić information content (AvgIpc) is 3.44. The molecule has 1 aromatic heterocycles. The summed E-state index contributed by atoms with van der Waals surface area (Å²) >= 11 is 0. The Balaban J connectivity index is 1.23. The summed E-state index contributed by atoms with van der Waals surface area (Å²) in [7, 11) is 1.57. The van der Waals surface area contributed by atoms with Crippen molar-refractivity contribution < 1.29 is 23.5 Å². The standard InChI is InChI=1S/C37H26O5/c1-40-30-20-22-34-32(24-30)35(36(42-34)29-12-6-3-7-13-29)37(39)41-31-14-8-9-25(23-31)15-21-33(38)28-18-16-27(17-19-28)26-10-4-2-5-11-26/h2-24H,1H3/b21-15+. The van der Waals surface area contributed by atoms with Crippen LogP contribution < -0.4 is 9.47 Å². The number of ketones is 1. The van der Waals surface area contributed by atoms with E-state index in [9.17, 15) is 9.59 Å². The number of ether oxygens (including phenoxy) is 2. The molecule has 0 saturated heterocycles. The molecule has 204 valence electrons. The molecule has 0 spiro atoms. The molecule has 6 rings (SSSR count). The highest BCUT2D eigenvalue weighted by Gasteiger charge is 2.24. The number of carbonyl (C=O) groups is 2. The minimum Gasteiger partial charge on any atom is -0.497 e. The number of benzene rings is 5. The summed E-state index contributed by atoms with van der Waals surface area (Å²) in [6, 6.07) is 39.3. The van der Waals surface area contributed by atoms with Crippen molar-refractivity contribution >= 4 is 28.8 Å². The quantitative estimate of drug-likeness (QED) is 0.0819. The van der Waals surface area contributed by atoms with Gasteiger partial charge in [0.2, 0.25) is 0 Å². The fourth-order valence-electron chi connectivity index (χ4n) is 4.76. The number of esters is 1. The molecule has 0 aliphatic rings. The van der Waals surface area contributed by atoms with Crippen LogP contribution in [0.15, 0.2) is 138 Å². The molecule has 42 heavy (non-hydrogen) atoms. The van der Waals surface area contributed by atoms with Crippen molar-refractivity contribution in [3.8, 4) is 33.9 Å². The van der Waals surface area contributed by atoms with Gasteiger partial charge < -0.3 is 13.9 Å². The van der Waals surface area contributed by atoms with E-state index in [2.05, 4.69) is 0 Å². The van der Waals surface area contributed by atoms with Crippen molar-refractivity contribution in [1.29, 1.82) is 0 Å². The van der Waals surface area contributed by atoms with E-state index in [1.165, 1.54) is 6.08 Å². The lowest BCUT2D eigenvalue weighted by molar-refractivity contribution is 0.0736. The minimum atomic E-state index is -0.559. The molecule has 0 aliphatic carbocycles. The van der Waals surface area contributed by atoms with Gasteiger partial charge in [0.05, 0.1) is 7.11 Å². The van der Waals surface area contributed by atoms with Gasteiger partial charge in [-0.25, -0.2) is 4.79 Å². The first-order chi connectivity index (χ1) is 20.6. The molecule has 0 saturated carbocycles. The van der Waals surface area contributed by atoms with Gasteiger partial charge in [0, 0.05) is 16.5 Å². The maximum atomic E-state index is 13.6. The monoisotopic (exact) mass is 550 g/mol. The lowest BCUT2D eigenvalue weighted by Crippen LogP contribution is -2.09. The van der Waals surface area contributed by atoms with Crippen LogP contribution in [0.25, 0.3) is 39.5 Å². The van der Waals surface area contributed by atoms with E-state index in [0.717, 1.165) is 22.3 Å². The van der Waals surface area contributed by atoms with E-state index in [1.54, 1.807) is 49.6 Å². The van der Waals surface area contributed by atoms with Crippen LogP contribution in [0.4, 0.5) is 0 Å². The Morgan fingerprint density at radius 1 is 0.667 bits per heavy atom. The Labute approximate surface area is 243 Å². The van der Waals surface area contributed by atoms with Crippen LogP contribution >= 0.6 is 0 Å². The highest BCUT2D eigenvalue weighted by Crippen LogP contribution is 2.36. The number of methoxy groups -OCH3 is 1. The van der Waals surface area contributed by atoms with E-state index < -0.39 is 5.97 Å². The summed E-state index contributed by atoms with van der Waals surface area (Å²) < 4.78 is 17.3. The predicted molar refractivity (Wildman–Crippen MR) is 165 cm³/mol. The number of allylic oxidation sites excluding steroid dienone is 1. The summed E-state index contributed by atoms with van der Waals surface area (Å²) in [6.07, 6.45) is 3.22. The second kappa shape index (κ2) is 11.8. The van der Waals surface area contributed by atoms with Gasteiger partial charge in [-0.05, 0) is 53.1 Å². The van der Waals surface area contributed by atoms with Gasteiger partial charge in [-0.1, -0.05) is 103 Å². The number of fused-ring (bicyclic) bond motifs is 1. The normalized spacial score (nSPS) is 11.1. The van der Waals surface area contributed by atoms with Crippen LogP contribution in [-0.2, 0) is 0 Å². The van der Waals surface area contributed by atoms with Crippen LogP contribution in [0, 0.1) is 0 Å². The number of hydrogen-bond donors (Lipinski definition) is 0. The van der Waals surface area contributed by atoms with Crippen molar-refractivity contribution in [2.75, 3.05) is 7.11 Å². The van der Waals surface area contributed by atoms with E-state index in [-0.39, 0.29) is 5.78 Å². The molecular formula is C37H26O5. The second-order valence-corrected chi connectivity index (χ2v) is 9.64. The Kier molecular flexibility index (Phi) is 7.47. The van der Waals surface area contributed by atoms with Crippen LogP contribution in [0.5, 0.6) is 11.5 Å². The third-order valence-electron chi connectivity index (χ3n) is 6.91. The van der Waals surface area contributed by atoms with Crippen molar-refractivity contribution in [2.24, 2.45) is 0 Å². The Hall–Kier alpha value is -5.68. The molecule has 5 heteroatoms. The van der Waals surface area contributed by atoms with Crippen LogP contribution in [0.2, 0.25) is 0 Å². The van der Waals surface area contributed by atoms with Gasteiger partial charge in [-0.15, -0.1) is 0 Å². The van der Waals surface area contributed by atoms with Crippen LogP contribution in [0.3, 0.4) is 0 Å². The molecule has 0 bridgehead atoms. The Bertz CT molecular complexity index is 1900. The molecule has 0 unspecified atom stereocenters. The topological polar surface area (TPSA) is 65.7 Å². The van der Waals surface area contributed by atoms with Gasteiger partial charge in [-0.3, -0.25) is 4.79 Å². The SMILES string of the molecule is COc1ccc2oc(-c3ccccc3)c(C(=O)Oc3cccc(/C=C/C(=O)c4ccc(-c5ccccc5)cc4)c3)c2c1. The fourth-order valence-corrected chi connectivity index (χ4v) is 4.76. The summed E-state index contributed by atoms with van der Waals surface area (Å²) in [5, 5.41) is 0.595. The smallest absolute Gasteiger partial charge is 0.348 e. The molecule has 5 aromatic carbocycles.